The molecule has 122 valence electrons. The highest BCUT2D eigenvalue weighted by molar-refractivity contribution is 5.87. The fraction of sp³-hybridized carbons (Fsp3) is 0.0625. The van der Waals surface area contributed by atoms with Gasteiger partial charge in [-0.1, -0.05) is 6.07 Å². The molecule has 8 heteroatoms. The molecule has 0 unspecified atom stereocenters. The monoisotopic (exact) mass is 332 g/mol. The van der Waals surface area contributed by atoms with Crippen molar-refractivity contribution in [2.45, 2.75) is 6.54 Å². The van der Waals surface area contributed by atoms with Crippen LogP contribution in [0.25, 0.3) is 10.9 Å². The van der Waals surface area contributed by atoms with Gasteiger partial charge in [-0.3, -0.25) is 14.3 Å². The molecule has 0 bridgehead atoms. The van der Waals surface area contributed by atoms with Gasteiger partial charge >= 0.3 is 11.7 Å². The summed E-state index contributed by atoms with van der Waals surface area (Å²) in [4.78, 5) is 36.8. The first-order chi connectivity index (χ1) is 11.4. The summed E-state index contributed by atoms with van der Waals surface area (Å²) < 4.78 is 28.8. The lowest BCUT2D eigenvalue weighted by Gasteiger charge is -2.11. The molecule has 0 saturated heterocycles. The molecular weight excluding hydrogens is 322 g/mol. The maximum atomic E-state index is 14.0. The van der Waals surface area contributed by atoms with E-state index in [2.05, 4.69) is 0 Å². The van der Waals surface area contributed by atoms with Crippen LogP contribution in [0.4, 0.5) is 8.78 Å². The van der Waals surface area contributed by atoms with Crippen LogP contribution in [0.1, 0.15) is 15.9 Å². The molecule has 0 aliphatic rings. The van der Waals surface area contributed by atoms with Crippen molar-refractivity contribution < 1.29 is 18.7 Å². The van der Waals surface area contributed by atoms with E-state index in [-0.39, 0.29) is 28.6 Å². The van der Waals surface area contributed by atoms with Crippen LogP contribution < -0.4 is 11.2 Å². The highest BCUT2D eigenvalue weighted by Gasteiger charge is 2.14. The van der Waals surface area contributed by atoms with Gasteiger partial charge in [0.15, 0.2) is 0 Å². The number of aromatic amines is 1. The highest BCUT2D eigenvalue weighted by atomic mass is 19.1. The maximum Gasteiger partial charge on any atom is 0.335 e. The van der Waals surface area contributed by atoms with Crippen molar-refractivity contribution in [2.24, 2.45) is 0 Å². The number of fused-ring (bicyclic) bond motifs is 1. The van der Waals surface area contributed by atoms with Crippen molar-refractivity contribution in [3.05, 3.63) is 80.0 Å². The van der Waals surface area contributed by atoms with Crippen molar-refractivity contribution in [1.29, 1.82) is 0 Å². The quantitative estimate of drug-likeness (QED) is 0.764. The lowest BCUT2D eigenvalue weighted by molar-refractivity contribution is 0.0696. The van der Waals surface area contributed by atoms with Gasteiger partial charge in [-0.05, 0) is 30.3 Å². The minimum Gasteiger partial charge on any atom is -0.478 e. The molecule has 0 atom stereocenters. The predicted molar refractivity (Wildman–Crippen MR) is 81.2 cm³/mol. The second-order valence-corrected chi connectivity index (χ2v) is 5.09. The third-order valence-corrected chi connectivity index (χ3v) is 3.60. The summed E-state index contributed by atoms with van der Waals surface area (Å²) in [5.74, 6) is -2.79. The zero-order chi connectivity index (χ0) is 17.4. The highest BCUT2D eigenvalue weighted by Crippen LogP contribution is 2.16. The third kappa shape index (κ3) is 2.58. The average Bonchev–Trinajstić information content (AvgIpc) is 2.52. The Hall–Kier alpha value is -3.29. The number of carbonyl (C=O) groups is 1. The Labute approximate surface area is 132 Å². The Balaban J connectivity index is 2.24. The van der Waals surface area contributed by atoms with Crippen LogP contribution in [0.15, 0.2) is 46.0 Å². The second kappa shape index (κ2) is 5.73. The second-order valence-electron chi connectivity index (χ2n) is 5.09. The fourth-order valence-electron chi connectivity index (χ4n) is 2.46. The van der Waals surface area contributed by atoms with Crippen LogP contribution in [0.5, 0.6) is 0 Å². The number of halogens is 2. The number of hydrogen-bond acceptors (Lipinski definition) is 3. The van der Waals surface area contributed by atoms with Crippen molar-refractivity contribution in [1.82, 2.24) is 9.55 Å². The average molecular weight is 332 g/mol. The van der Waals surface area contributed by atoms with E-state index in [0.717, 1.165) is 28.8 Å². The molecule has 3 rings (SSSR count). The third-order valence-electron chi connectivity index (χ3n) is 3.60. The van der Waals surface area contributed by atoms with E-state index in [4.69, 9.17) is 5.11 Å². The first-order valence-electron chi connectivity index (χ1n) is 6.81. The minimum absolute atomic E-state index is 0.0103. The molecule has 0 spiro atoms. The molecule has 3 aromatic rings. The van der Waals surface area contributed by atoms with Crippen molar-refractivity contribution in [3.63, 3.8) is 0 Å². The Kier molecular flexibility index (Phi) is 3.72. The lowest BCUT2D eigenvalue weighted by Crippen LogP contribution is -2.31. The van der Waals surface area contributed by atoms with Crippen LogP contribution in [-0.4, -0.2) is 20.6 Å². The number of carboxylic acid groups (broad SMARTS) is 1. The largest absolute Gasteiger partial charge is 0.478 e. The van der Waals surface area contributed by atoms with Gasteiger partial charge in [-0.2, -0.15) is 0 Å². The summed E-state index contributed by atoms with van der Waals surface area (Å²) in [6.45, 7) is -0.359. The van der Waals surface area contributed by atoms with Crippen molar-refractivity contribution in [2.75, 3.05) is 0 Å². The van der Waals surface area contributed by atoms with E-state index in [1.807, 2.05) is 4.98 Å². The van der Waals surface area contributed by atoms with Gasteiger partial charge < -0.3 is 5.11 Å². The smallest absolute Gasteiger partial charge is 0.335 e. The molecule has 0 amide bonds. The van der Waals surface area contributed by atoms with Crippen LogP contribution in [-0.2, 0) is 6.54 Å². The van der Waals surface area contributed by atoms with E-state index in [1.165, 1.54) is 12.1 Å². The predicted octanol–water partition coefficient (Wildman–Crippen LogP) is 1.71. The first kappa shape index (κ1) is 15.6. The Morgan fingerprint density at radius 3 is 2.58 bits per heavy atom. The molecule has 6 nitrogen and oxygen atoms in total. The topological polar surface area (TPSA) is 92.2 Å². The van der Waals surface area contributed by atoms with E-state index in [0.29, 0.717) is 0 Å². The molecule has 1 aromatic heterocycles. The Bertz CT molecular complexity index is 1090. The molecule has 0 aliphatic heterocycles. The van der Waals surface area contributed by atoms with Crippen LogP contribution in [0.3, 0.4) is 0 Å². The Morgan fingerprint density at radius 2 is 1.88 bits per heavy atom. The van der Waals surface area contributed by atoms with Crippen LogP contribution in [0.2, 0.25) is 0 Å². The summed E-state index contributed by atoms with van der Waals surface area (Å²) in [5.41, 5.74) is -1.97. The minimum atomic E-state index is -1.25. The Morgan fingerprint density at radius 1 is 1.12 bits per heavy atom. The summed E-state index contributed by atoms with van der Waals surface area (Å²) in [7, 11) is 0. The number of benzene rings is 2. The van der Waals surface area contributed by atoms with Gasteiger partial charge in [0.05, 0.1) is 23.0 Å². The summed E-state index contributed by atoms with van der Waals surface area (Å²) >= 11 is 0. The molecule has 0 aliphatic carbocycles. The number of hydrogen-bond donors (Lipinski definition) is 2. The van der Waals surface area contributed by atoms with Gasteiger partial charge in [0.1, 0.15) is 11.6 Å². The van der Waals surface area contributed by atoms with E-state index >= 15 is 0 Å². The normalized spacial score (nSPS) is 10.9. The van der Waals surface area contributed by atoms with Crippen molar-refractivity contribution in [3.8, 4) is 0 Å². The number of nitrogens with one attached hydrogen (secondary N) is 1. The molecule has 0 radical (unpaired) electrons. The zero-order valence-corrected chi connectivity index (χ0v) is 12.0. The zero-order valence-electron chi connectivity index (χ0n) is 12.0. The number of H-pyrrole nitrogens is 1. The maximum absolute atomic E-state index is 14.0. The number of nitrogens with zero attached hydrogens (tertiary/aromatic N) is 1. The molecule has 0 fully saturated rings. The van der Waals surface area contributed by atoms with Gasteiger partial charge in [0.25, 0.3) is 5.56 Å². The molecular formula is C16H10F2N2O4. The van der Waals surface area contributed by atoms with Crippen LogP contribution in [0, 0.1) is 11.6 Å². The summed E-state index contributed by atoms with van der Waals surface area (Å²) in [6.07, 6.45) is 0. The van der Waals surface area contributed by atoms with Crippen LogP contribution >= 0.6 is 0 Å². The van der Waals surface area contributed by atoms with Crippen molar-refractivity contribution >= 4 is 16.9 Å². The number of carboxylic acids is 1. The molecule has 1 heterocycles. The van der Waals surface area contributed by atoms with Gasteiger partial charge in [0, 0.05) is 5.56 Å². The van der Waals surface area contributed by atoms with Gasteiger partial charge in [-0.15, -0.1) is 0 Å². The molecule has 0 saturated carbocycles. The molecule has 24 heavy (non-hydrogen) atoms. The molecule has 2 N–H and O–H groups in total. The van der Waals surface area contributed by atoms with E-state index in [1.54, 1.807) is 0 Å². The van der Waals surface area contributed by atoms with E-state index < -0.39 is 28.9 Å². The number of aromatic carboxylic acids is 1. The first-order valence-corrected chi connectivity index (χ1v) is 6.81. The SMILES string of the molecule is O=C(O)c1ccc(F)c(Cn2c(=O)[nH]c(=O)c3c(F)cccc32)c1. The number of aromatic nitrogens is 2. The van der Waals surface area contributed by atoms with Gasteiger partial charge in [0.2, 0.25) is 0 Å². The standard InChI is InChI=1S/C16H10F2N2O4/c17-10-5-4-8(15(22)23)6-9(10)7-20-12-3-1-2-11(18)13(12)14(21)19-16(20)24/h1-6H,7H2,(H,22,23)(H,19,21,24). The summed E-state index contributed by atoms with van der Waals surface area (Å²) in [6, 6.07) is 6.89. The molecule has 2 aromatic carbocycles. The lowest BCUT2D eigenvalue weighted by atomic mass is 10.1. The van der Waals surface area contributed by atoms with E-state index in [9.17, 15) is 23.2 Å². The van der Waals surface area contributed by atoms with Gasteiger partial charge in [-0.25, -0.2) is 18.4 Å². The fourth-order valence-corrected chi connectivity index (χ4v) is 2.46. The number of rotatable bonds is 3. The summed E-state index contributed by atoms with van der Waals surface area (Å²) in [5, 5.41) is 8.65.